The summed E-state index contributed by atoms with van der Waals surface area (Å²) in [5.41, 5.74) is -1.50. The SMILES string of the molecule is O=S(=O)(c1cc(Br)[c]c(Br)c1CC(F)(F)F)C(F)(F)C(F)(F)C(F)(F)F. The molecular weight excluding hydrogens is 546 g/mol. The Balaban J connectivity index is 3.79. The summed E-state index contributed by atoms with van der Waals surface area (Å²) >= 11 is 4.89. The van der Waals surface area contributed by atoms with Gasteiger partial charge < -0.3 is 0 Å². The average Bonchev–Trinajstić information content (AvgIpc) is 2.38. The van der Waals surface area contributed by atoms with Crippen LogP contribution in [0.2, 0.25) is 0 Å². The molecule has 0 spiro atoms. The summed E-state index contributed by atoms with van der Waals surface area (Å²) in [5.74, 6) is -7.06. The fourth-order valence-corrected chi connectivity index (χ4v) is 4.65. The molecule has 0 aliphatic heterocycles. The maximum Gasteiger partial charge on any atom is 0.461 e. The highest BCUT2D eigenvalue weighted by Crippen LogP contribution is 2.51. The van der Waals surface area contributed by atoms with Crippen molar-refractivity contribution in [1.82, 2.24) is 0 Å². The molecule has 0 aromatic heterocycles. The van der Waals surface area contributed by atoms with Crippen molar-refractivity contribution < 1.29 is 52.3 Å². The van der Waals surface area contributed by atoms with Crippen molar-refractivity contribution in [2.24, 2.45) is 0 Å². The van der Waals surface area contributed by atoms with Crippen LogP contribution in [0.1, 0.15) is 5.56 Å². The zero-order valence-corrected chi connectivity index (χ0v) is 15.5. The van der Waals surface area contributed by atoms with Gasteiger partial charge in [0.1, 0.15) is 0 Å². The minimum absolute atomic E-state index is 0.0293. The summed E-state index contributed by atoms with van der Waals surface area (Å²) in [7, 11) is -6.91. The summed E-state index contributed by atoms with van der Waals surface area (Å²) in [4.78, 5) is -2.05. The molecule has 1 rings (SSSR count). The molecule has 1 aromatic rings. The maximum atomic E-state index is 13.7. The molecule has 0 heterocycles. The van der Waals surface area contributed by atoms with Crippen molar-refractivity contribution in [3.63, 3.8) is 0 Å². The van der Waals surface area contributed by atoms with E-state index in [9.17, 15) is 52.3 Å². The Morgan fingerprint density at radius 3 is 1.77 bits per heavy atom. The van der Waals surface area contributed by atoms with E-state index in [1.165, 1.54) is 0 Å². The molecule has 149 valence electrons. The molecule has 0 unspecified atom stereocenters. The lowest BCUT2D eigenvalue weighted by molar-refractivity contribution is -0.332. The van der Waals surface area contributed by atoms with E-state index in [-0.39, 0.29) is 6.07 Å². The lowest BCUT2D eigenvalue weighted by Crippen LogP contribution is -2.56. The van der Waals surface area contributed by atoms with Gasteiger partial charge in [-0.25, -0.2) is 8.42 Å². The lowest BCUT2D eigenvalue weighted by Gasteiger charge is -2.28. The number of hydrogen-bond acceptors (Lipinski definition) is 2. The molecule has 0 fully saturated rings. The van der Waals surface area contributed by atoms with Crippen molar-refractivity contribution in [2.45, 2.75) is 34.8 Å². The molecule has 0 saturated carbocycles. The Kier molecular flexibility index (Phi) is 6.13. The minimum Gasteiger partial charge on any atom is -0.217 e. The van der Waals surface area contributed by atoms with Gasteiger partial charge >= 0.3 is 23.5 Å². The molecule has 0 aliphatic rings. The van der Waals surface area contributed by atoms with Gasteiger partial charge in [-0.05, 0) is 27.6 Å². The van der Waals surface area contributed by atoms with Crippen molar-refractivity contribution >= 4 is 41.7 Å². The molecule has 0 N–H and O–H groups in total. The number of sulfone groups is 1. The van der Waals surface area contributed by atoms with E-state index in [0.29, 0.717) is 0 Å². The highest BCUT2D eigenvalue weighted by molar-refractivity contribution is 9.11. The monoisotopic (exact) mass is 547 g/mol. The fourth-order valence-electron chi connectivity index (χ4n) is 1.60. The number of benzene rings is 1. The molecule has 0 atom stereocenters. The van der Waals surface area contributed by atoms with Gasteiger partial charge in [-0.2, -0.15) is 43.9 Å². The van der Waals surface area contributed by atoms with E-state index < -0.39 is 59.2 Å². The molecule has 1 aromatic carbocycles. The first-order valence-corrected chi connectivity index (χ1v) is 8.86. The second-order valence-electron chi connectivity index (χ2n) is 4.66. The van der Waals surface area contributed by atoms with E-state index in [0.717, 1.165) is 0 Å². The van der Waals surface area contributed by atoms with Crippen LogP contribution in [0.3, 0.4) is 0 Å². The Morgan fingerprint density at radius 2 is 1.38 bits per heavy atom. The van der Waals surface area contributed by atoms with Gasteiger partial charge in [-0.15, -0.1) is 0 Å². The van der Waals surface area contributed by atoms with Gasteiger partial charge in [0.15, 0.2) is 0 Å². The zero-order valence-electron chi connectivity index (χ0n) is 11.5. The number of alkyl halides is 10. The molecule has 1 radical (unpaired) electrons. The van der Waals surface area contributed by atoms with Crippen molar-refractivity contribution in [3.05, 3.63) is 26.6 Å². The first-order valence-electron chi connectivity index (χ1n) is 5.79. The molecule has 0 aliphatic carbocycles. The average molecular weight is 549 g/mol. The fraction of sp³-hybridized carbons (Fsp3) is 0.455. The summed E-state index contributed by atoms with van der Waals surface area (Å²) in [6.07, 6.45) is -14.4. The highest BCUT2D eigenvalue weighted by atomic mass is 79.9. The van der Waals surface area contributed by atoms with E-state index >= 15 is 0 Å². The zero-order chi connectivity index (χ0) is 20.9. The highest BCUT2D eigenvalue weighted by Gasteiger charge is 2.78. The van der Waals surface area contributed by atoms with Crippen LogP contribution in [-0.4, -0.2) is 31.9 Å². The van der Waals surface area contributed by atoms with Gasteiger partial charge in [0.05, 0.1) is 11.3 Å². The van der Waals surface area contributed by atoms with Gasteiger partial charge in [-0.1, -0.05) is 15.9 Å². The van der Waals surface area contributed by atoms with Crippen LogP contribution in [0.4, 0.5) is 43.9 Å². The predicted octanol–water partition coefficient (Wildman–Crippen LogP) is 5.68. The van der Waals surface area contributed by atoms with E-state index in [1.807, 2.05) is 6.07 Å². The van der Waals surface area contributed by atoms with Crippen molar-refractivity contribution in [2.75, 3.05) is 0 Å². The number of hydrogen-bond donors (Lipinski definition) is 0. The van der Waals surface area contributed by atoms with E-state index in [4.69, 9.17) is 0 Å². The summed E-state index contributed by atoms with van der Waals surface area (Å²) in [6.45, 7) is 0. The molecule has 2 nitrogen and oxygen atoms in total. The van der Waals surface area contributed by atoms with Crippen LogP contribution in [-0.2, 0) is 16.3 Å². The topological polar surface area (TPSA) is 34.1 Å². The lowest BCUT2D eigenvalue weighted by atomic mass is 10.1. The maximum absolute atomic E-state index is 13.7. The normalized spacial score (nSPS) is 14.6. The van der Waals surface area contributed by atoms with E-state index in [2.05, 4.69) is 31.9 Å². The van der Waals surface area contributed by atoms with Gasteiger partial charge in [0, 0.05) is 15.0 Å². The minimum atomic E-state index is -7.06. The Hall–Kier alpha value is -0.570. The Labute approximate surface area is 155 Å². The van der Waals surface area contributed by atoms with Crippen molar-refractivity contribution in [3.8, 4) is 0 Å². The second-order valence-corrected chi connectivity index (χ2v) is 8.27. The molecular formula is C11H3Br2F10O2S. The molecule has 26 heavy (non-hydrogen) atoms. The smallest absolute Gasteiger partial charge is 0.217 e. The second kappa shape index (κ2) is 6.79. The summed E-state index contributed by atoms with van der Waals surface area (Å²) in [5, 5.41) is -6.78. The third kappa shape index (κ3) is 4.13. The van der Waals surface area contributed by atoms with E-state index in [1.54, 1.807) is 0 Å². The van der Waals surface area contributed by atoms with Crippen LogP contribution >= 0.6 is 31.9 Å². The van der Waals surface area contributed by atoms with Crippen LogP contribution in [0, 0.1) is 6.07 Å². The van der Waals surface area contributed by atoms with Crippen molar-refractivity contribution in [1.29, 1.82) is 0 Å². The standard InChI is InChI=1S/C11H3Br2F10O2S/c12-4-1-6(13)5(3-8(14,15)16)7(2-4)26(24,25)11(22,23)9(17,18)10(19,20)21/h2H,3H2. The molecule has 0 saturated heterocycles. The molecule has 0 amide bonds. The molecule has 0 bridgehead atoms. The van der Waals surface area contributed by atoms with Crippen LogP contribution < -0.4 is 0 Å². The van der Waals surface area contributed by atoms with Crippen LogP contribution in [0.15, 0.2) is 19.9 Å². The Bertz CT molecular complexity index is 798. The van der Waals surface area contributed by atoms with Gasteiger partial charge in [-0.3, -0.25) is 0 Å². The predicted molar refractivity (Wildman–Crippen MR) is 73.6 cm³/mol. The first kappa shape index (κ1) is 23.5. The van der Waals surface area contributed by atoms with Gasteiger partial charge in [0.25, 0.3) is 9.84 Å². The van der Waals surface area contributed by atoms with Gasteiger partial charge in [0.2, 0.25) is 0 Å². The summed E-state index contributed by atoms with van der Waals surface area (Å²) in [6, 6.07) is 2.04. The molecule has 15 heteroatoms. The third-order valence-corrected chi connectivity index (χ3v) is 5.75. The number of halogens is 12. The van der Waals surface area contributed by atoms with Crippen LogP contribution in [0.25, 0.3) is 0 Å². The largest absolute Gasteiger partial charge is 0.461 e. The quantitative estimate of drug-likeness (QED) is 0.454. The number of rotatable bonds is 4. The van der Waals surface area contributed by atoms with Crippen LogP contribution in [0.5, 0.6) is 0 Å². The summed E-state index contributed by atoms with van der Waals surface area (Å²) < 4.78 is 150. The Morgan fingerprint density at radius 1 is 0.923 bits per heavy atom. The third-order valence-electron chi connectivity index (χ3n) is 2.78. The first-order chi connectivity index (χ1) is 11.3.